The van der Waals surface area contributed by atoms with Gasteiger partial charge in [-0.15, -0.1) is 10.2 Å². The predicted molar refractivity (Wildman–Crippen MR) is 135 cm³/mol. The zero-order chi connectivity index (χ0) is 24.9. The predicted octanol–water partition coefficient (Wildman–Crippen LogP) is 4.59. The van der Waals surface area contributed by atoms with Gasteiger partial charge in [0.2, 0.25) is 0 Å². The van der Waals surface area contributed by atoms with E-state index < -0.39 is 0 Å². The van der Waals surface area contributed by atoms with Crippen LogP contribution >= 0.6 is 11.3 Å². The molecule has 0 saturated heterocycles. The molecule has 9 nitrogen and oxygen atoms in total. The second kappa shape index (κ2) is 8.38. The average molecular weight is 500 g/mol. The topological polar surface area (TPSA) is 118 Å². The third-order valence-electron chi connectivity index (χ3n) is 8.04. The summed E-state index contributed by atoms with van der Waals surface area (Å²) in [5.41, 5.74) is 4.46. The molecule has 7 rings (SSSR count). The molecule has 0 aliphatic heterocycles. The Morgan fingerprint density at radius 1 is 1.14 bits per heavy atom. The van der Waals surface area contributed by atoms with Crippen molar-refractivity contribution >= 4 is 28.5 Å². The summed E-state index contributed by atoms with van der Waals surface area (Å²) in [5.74, 6) is -0.0601. The van der Waals surface area contributed by atoms with Crippen molar-refractivity contribution in [3.8, 4) is 28.0 Å². The van der Waals surface area contributed by atoms with E-state index in [1.807, 2.05) is 31.4 Å². The number of nitrogens with one attached hydrogen (secondary N) is 1. The molecule has 0 amide bonds. The van der Waals surface area contributed by atoms with Gasteiger partial charge in [-0.3, -0.25) is 9.78 Å². The van der Waals surface area contributed by atoms with Gasteiger partial charge in [-0.25, -0.2) is 4.52 Å². The van der Waals surface area contributed by atoms with Crippen LogP contribution < -0.4 is 5.32 Å². The first-order valence-corrected chi connectivity index (χ1v) is 12.8. The Morgan fingerprint density at radius 3 is 2.61 bits per heavy atom. The standard InChI is InChI=1S/C26H25N7O2S/c1-28-19-12-20(21-4-3-17-11-16(13-27)14-30-33(17)21)29-15-18(19)22-31-32-23(36-22)25-5-8-26(9-6-25,10-7-25)24(34)35-2/h3-4,11-12,14-15H,5-10H2,1-2H3,(H,28,29). The highest BCUT2D eigenvalue weighted by Gasteiger charge is 2.55. The van der Waals surface area contributed by atoms with Crippen molar-refractivity contribution in [3.63, 3.8) is 0 Å². The van der Waals surface area contributed by atoms with Gasteiger partial charge in [0.05, 0.1) is 46.8 Å². The van der Waals surface area contributed by atoms with E-state index in [9.17, 15) is 4.79 Å². The van der Waals surface area contributed by atoms with Crippen molar-refractivity contribution in [2.75, 3.05) is 19.5 Å². The molecule has 0 unspecified atom stereocenters. The fraction of sp³-hybridized carbons (Fsp3) is 0.385. The number of pyridine rings is 1. The fourth-order valence-electron chi connectivity index (χ4n) is 5.80. The lowest BCUT2D eigenvalue weighted by Gasteiger charge is -2.50. The normalized spacial score (nSPS) is 22.9. The zero-order valence-electron chi connectivity index (χ0n) is 20.1. The lowest BCUT2D eigenvalue weighted by Crippen LogP contribution is -2.48. The highest BCUT2D eigenvalue weighted by molar-refractivity contribution is 7.14. The number of anilines is 1. The molecule has 36 heavy (non-hydrogen) atoms. The van der Waals surface area contributed by atoms with Crippen LogP contribution in [0.4, 0.5) is 5.69 Å². The molecule has 0 radical (unpaired) electrons. The largest absolute Gasteiger partial charge is 0.469 e. The molecular formula is C26H25N7O2S. The number of ether oxygens (including phenoxy) is 1. The lowest BCUT2D eigenvalue weighted by atomic mass is 9.54. The summed E-state index contributed by atoms with van der Waals surface area (Å²) < 4.78 is 6.89. The highest BCUT2D eigenvalue weighted by Crippen LogP contribution is 2.58. The summed E-state index contributed by atoms with van der Waals surface area (Å²) in [7, 11) is 3.37. The number of hydrogen-bond acceptors (Lipinski definition) is 9. The Kier molecular flexibility index (Phi) is 5.26. The molecule has 4 aromatic rings. The smallest absolute Gasteiger partial charge is 0.311 e. The molecule has 10 heteroatoms. The minimum atomic E-state index is -0.308. The minimum absolute atomic E-state index is 0.00232. The number of esters is 1. The van der Waals surface area contributed by atoms with Crippen LogP contribution in [0.15, 0.2) is 36.7 Å². The van der Waals surface area contributed by atoms with E-state index in [1.54, 1.807) is 28.1 Å². The number of fused-ring (bicyclic) bond motifs is 4. The molecule has 182 valence electrons. The van der Waals surface area contributed by atoms with Gasteiger partial charge in [0.25, 0.3) is 0 Å². The third kappa shape index (κ3) is 3.38. The molecule has 1 N–H and O–H groups in total. The summed E-state index contributed by atoms with van der Waals surface area (Å²) >= 11 is 1.63. The van der Waals surface area contributed by atoms with Crippen molar-refractivity contribution in [1.82, 2.24) is 24.8 Å². The van der Waals surface area contributed by atoms with Gasteiger partial charge in [0.1, 0.15) is 11.1 Å². The summed E-state index contributed by atoms with van der Waals surface area (Å²) in [4.78, 5) is 17.1. The summed E-state index contributed by atoms with van der Waals surface area (Å²) in [5, 5.41) is 27.9. The van der Waals surface area contributed by atoms with Crippen LogP contribution in [-0.4, -0.2) is 44.9 Å². The van der Waals surface area contributed by atoms with E-state index in [1.165, 1.54) is 7.11 Å². The van der Waals surface area contributed by atoms with Gasteiger partial charge in [-0.2, -0.15) is 10.4 Å². The number of hydrogen-bond donors (Lipinski definition) is 1. The molecule has 2 bridgehead atoms. The fourth-order valence-corrected chi connectivity index (χ4v) is 6.94. The third-order valence-corrected chi connectivity index (χ3v) is 9.24. The number of carbonyl (C=O) groups is 1. The average Bonchev–Trinajstić information content (AvgIpc) is 3.61. The molecule has 4 heterocycles. The molecular weight excluding hydrogens is 474 g/mol. The van der Waals surface area contributed by atoms with Gasteiger partial charge in [0.15, 0.2) is 5.01 Å². The van der Waals surface area contributed by atoms with E-state index >= 15 is 0 Å². The molecule has 0 atom stereocenters. The Bertz CT molecular complexity index is 1510. The summed E-state index contributed by atoms with van der Waals surface area (Å²) in [6.07, 6.45) is 8.75. The van der Waals surface area contributed by atoms with E-state index in [4.69, 9.17) is 15.0 Å². The van der Waals surface area contributed by atoms with Crippen molar-refractivity contribution in [3.05, 3.63) is 47.2 Å². The zero-order valence-corrected chi connectivity index (χ0v) is 20.9. The molecule has 0 spiro atoms. The first-order chi connectivity index (χ1) is 17.5. The van der Waals surface area contributed by atoms with E-state index in [2.05, 4.69) is 26.7 Å². The number of carbonyl (C=O) groups excluding carboxylic acids is 1. The van der Waals surface area contributed by atoms with Gasteiger partial charge in [-0.1, -0.05) is 11.3 Å². The SMILES string of the molecule is CNc1cc(-c2ccc3cc(C#N)cnn23)ncc1-c1nnc(C23CCC(C(=O)OC)(CC2)CC3)s1. The first-order valence-electron chi connectivity index (χ1n) is 12.0. The van der Waals surface area contributed by atoms with Crippen LogP contribution in [0.1, 0.15) is 49.1 Å². The Morgan fingerprint density at radius 2 is 1.92 bits per heavy atom. The molecule has 4 aromatic heterocycles. The highest BCUT2D eigenvalue weighted by atomic mass is 32.1. The second-order valence-electron chi connectivity index (χ2n) is 9.74. The Balaban J connectivity index is 1.30. The molecule has 3 aliphatic rings. The van der Waals surface area contributed by atoms with Crippen LogP contribution in [0.25, 0.3) is 27.5 Å². The number of nitriles is 1. The maximum absolute atomic E-state index is 12.4. The van der Waals surface area contributed by atoms with Crippen LogP contribution in [0.5, 0.6) is 0 Å². The van der Waals surface area contributed by atoms with Crippen molar-refractivity contribution < 1.29 is 9.53 Å². The van der Waals surface area contributed by atoms with Crippen molar-refractivity contribution in [2.24, 2.45) is 5.41 Å². The van der Waals surface area contributed by atoms with Crippen LogP contribution in [0, 0.1) is 16.7 Å². The molecule has 3 aliphatic carbocycles. The first kappa shape index (κ1) is 22.6. The van der Waals surface area contributed by atoms with Crippen LogP contribution in [0.2, 0.25) is 0 Å². The van der Waals surface area contributed by atoms with Gasteiger partial charge >= 0.3 is 5.97 Å². The minimum Gasteiger partial charge on any atom is -0.469 e. The number of methoxy groups -OCH3 is 1. The van der Waals surface area contributed by atoms with Gasteiger partial charge in [0, 0.05) is 24.3 Å². The molecule has 3 fully saturated rings. The number of nitrogens with zero attached hydrogens (tertiary/aromatic N) is 6. The number of rotatable bonds is 5. The maximum atomic E-state index is 12.4. The number of aromatic nitrogens is 5. The van der Waals surface area contributed by atoms with Gasteiger partial charge in [-0.05, 0) is 62.8 Å². The van der Waals surface area contributed by atoms with Crippen molar-refractivity contribution in [2.45, 2.75) is 43.9 Å². The maximum Gasteiger partial charge on any atom is 0.311 e. The molecule has 3 saturated carbocycles. The van der Waals surface area contributed by atoms with Crippen molar-refractivity contribution in [1.29, 1.82) is 5.26 Å². The van der Waals surface area contributed by atoms with Gasteiger partial charge < -0.3 is 10.1 Å². The van der Waals surface area contributed by atoms with E-state index in [0.29, 0.717) is 5.56 Å². The Hall–Kier alpha value is -3.84. The molecule has 0 aromatic carbocycles. The summed E-state index contributed by atoms with van der Waals surface area (Å²) in [6, 6.07) is 9.79. The summed E-state index contributed by atoms with van der Waals surface area (Å²) in [6.45, 7) is 0. The quantitative estimate of drug-likeness (QED) is 0.396. The van der Waals surface area contributed by atoms with Crippen LogP contribution in [0.3, 0.4) is 0 Å². The lowest BCUT2D eigenvalue weighted by molar-refractivity contribution is -0.160. The second-order valence-corrected chi connectivity index (χ2v) is 10.7. The van der Waals surface area contributed by atoms with E-state index in [-0.39, 0.29) is 16.8 Å². The van der Waals surface area contributed by atoms with E-state index in [0.717, 1.165) is 76.7 Å². The monoisotopic (exact) mass is 499 g/mol. The van der Waals surface area contributed by atoms with Crippen LogP contribution in [-0.2, 0) is 14.9 Å². The Labute approximate surface area is 212 Å².